The summed E-state index contributed by atoms with van der Waals surface area (Å²) in [4.78, 5) is 20.6. The molecule has 0 aliphatic carbocycles. The third-order valence-corrected chi connectivity index (χ3v) is 1.40. The molecule has 0 bridgehead atoms. The van der Waals surface area contributed by atoms with E-state index in [1.807, 2.05) is 6.92 Å². The molecule has 0 aromatic rings. The monoisotopic (exact) mass is 140 g/mol. The molecule has 1 heterocycles. The second kappa shape index (κ2) is 2.67. The lowest BCUT2D eigenvalue weighted by Gasteiger charge is -2.16. The van der Waals surface area contributed by atoms with E-state index in [-0.39, 0.29) is 17.6 Å². The van der Waals surface area contributed by atoms with Crippen molar-refractivity contribution in [3.05, 3.63) is 5.76 Å². The first-order valence-corrected chi connectivity index (χ1v) is 3.17. The first kappa shape index (κ1) is 7.03. The number of allylic oxidation sites excluding steroid dienone is 1. The largest absolute Gasteiger partial charge is 0.419 e. The van der Waals surface area contributed by atoms with Crippen molar-refractivity contribution in [3.63, 3.8) is 0 Å². The topological polar surface area (TPSA) is 43.4 Å². The summed E-state index contributed by atoms with van der Waals surface area (Å²) in [6.45, 7) is 1.90. The molecule has 0 saturated carbocycles. The Morgan fingerprint density at radius 1 is 1.60 bits per heavy atom. The Bertz CT molecular complexity index is 201. The number of ether oxygens (including phenoxy) is 1. The van der Waals surface area contributed by atoms with Crippen LogP contribution in [0.15, 0.2) is 5.76 Å². The van der Waals surface area contributed by atoms with Crippen LogP contribution in [0.5, 0.6) is 0 Å². The molecular formula is C7H8O3. The molecule has 1 fully saturated rings. The molecule has 54 valence electrons. The number of hydrogen-bond donors (Lipinski definition) is 0. The Hall–Kier alpha value is -1.08. The SMILES string of the molecule is CC1CC(=O)OC(=C=O)C1. The predicted molar refractivity (Wildman–Crippen MR) is 33.7 cm³/mol. The molecule has 0 spiro atoms. The molecule has 3 nitrogen and oxygen atoms in total. The van der Waals surface area contributed by atoms with E-state index < -0.39 is 0 Å². The quantitative estimate of drug-likeness (QED) is 0.367. The van der Waals surface area contributed by atoms with Crippen LogP contribution in [0.1, 0.15) is 19.8 Å². The molecule has 1 aliphatic heterocycles. The van der Waals surface area contributed by atoms with Crippen LogP contribution in [0.4, 0.5) is 0 Å². The van der Waals surface area contributed by atoms with Gasteiger partial charge >= 0.3 is 5.97 Å². The van der Waals surface area contributed by atoms with E-state index in [9.17, 15) is 9.59 Å². The van der Waals surface area contributed by atoms with E-state index in [1.54, 1.807) is 5.94 Å². The van der Waals surface area contributed by atoms with Crippen molar-refractivity contribution in [3.8, 4) is 0 Å². The molecule has 1 saturated heterocycles. The lowest BCUT2D eigenvalue weighted by molar-refractivity contribution is -0.143. The third kappa shape index (κ3) is 1.45. The van der Waals surface area contributed by atoms with Crippen molar-refractivity contribution in [2.75, 3.05) is 0 Å². The molecule has 3 heteroatoms. The summed E-state index contributed by atoms with van der Waals surface area (Å²) in [5.74, 6) is 1.63. The molecule has 0 aromatic heterocycles. The Labute approximate surface area is 58.7 Å². The molecular weight excluding hydrogens is 132 g/mol. The minimum Gasteiger partial charge on any atom is -0.419 e. The van der Waals surface area contributed by atoms with Gasteiger partial charge in [-0.3, -0.25) is 4.79 Å². The molecule has 1 unspecified atom stereocenters. The maximum atomic E-state index is 10.6. The maximum Gasteiger partial charge on any atom is 0.311 e. The van der Waals surface area contributed by atoms with Gasteiger partial charge in [0.1, 0.15) is 0 Å². The summed E-state index contributed by atoms with van der Waals surface area (Å²) in [6.07, 6.45) is 0.945. The molecule has 0 radical (unpaired) electrons. The zero-order valence-electron chi connectivity index (χ0n) is 5.72. The first-order valence-electron chi connectivity index (χ1n) is 3.17. The van der Waals surface area contributed by atoms with Crippen molar-refractivity contribution in [1.29, 1.82) is 0 Å². The average Bonchev–Trinajstić information content (AvgIpc) is 1.85. The van der Waals surface area contributed by atoms with Gasteiger partial charge in [-0.2, -0.15) is 0 Å². The molecule has 1 atom stereocenters. The number of hydrogen-bond acceptors (Lipinski definition) is 3. The van der Waals surface area contributed by atoms with Gasteiger partial charge in [-0.05, 0) is 5.92 Å². The Morgan fingerprint density at radius 2 is 2.30 bits per heavy atom. The van der Waals surface area contributed by atoms with E-state index in [0.717, 1.165) is 0 Å². The van der Waals surface area contributed by atoms with Gasteiger partial charge in [0.2, 0.25) is 0 Å². The fourth-order valence-electron chi connectivity index (χ4n) is 0.956. The van der Waals surface area contributed by atoms with Crippen LogP contribution in [0, 0.1) is 5.92 Å². The number of rotatable bonds is 0. The van der Waals surface area contributed by atoms with Gasteiger partial charge in [-0.1, -0.05) is 6.92 Å². The highest BCUT2D eigenvalue weighted by atomic mass is 16.5. The summed E-state index contributed by atoms with van der Waals surface area (Å²) >= 11 is 0. The summed E-state index contributed by atoms with van der Waals surface area (Å²) in [5, 5.41) is 0. The van der Waals surface area contributed by atoms with Gasteiger partial charge in [0.15, 0.2) is 11.7 Å². The van der Waals surface area contributed by atoms with Crippen LogP contribution in [0.3, 0.4) is 0 Å². The fraction of sp³-hybridized carbons (Fsp3) is 0.571. The number of cyclic esters (lactones) is 1. The van der Waals surface area contributed by atoms with E-state index in [0.29, 0.717) is 12.8 Å². The van der Waals surface area contributed by atoms with E-state index in [4.69, 9.17) is 0 Å². The zero-order chi connectivity index (χ0) is 7.56. The lowest BCUT2D eigenvalue weighted by atomic mass is 10.0. The van der Waals surface area contributed by atoms with Crippen molar-refractivity contribution >= 4 is 11.9 Å². The van der Waals surface area contributed by atoms with Crippen LogP contribution >= 0.6 is 0 Å². The second-order valence-corrected chi connectivity index (χ2v) is 2.51. The number of carbonyl (C=O) groups is 1. The normalized spacial score (nSPS) is 25.5. The van der Waals surface area contributed by atoms with Gasteiger partial charge in [0, 0.05) is 12.8 Å². The summed E-state index contributed by atoms with van der Waals surface area (Å²) < 4.78 is 4.56. The summed E-state index contributed by atoms with van der Waals surface area (Å²) in [6, 6.07) is 0. The maximum absolute atomic E-state index is 10.6. The highest BCUT2D eigenvalue weighted by Crippen LogP contribution is 2.20. The minimum atomic E-state index is -0.322. The van der Waals surface area contributed by atoms with E-state index in [1.165, 1.54) is 0 Å². The Balaban J connectivity index is 2.68. The third-order valence-electron chi connectivity index (χ3n) is 1.40. The first-order chi connectivity index (χ1) is 4.72. The second-order valence-electron chi connectivity index (χ2n) is 2.51. The predicted octanol–water partition coefficient (Wildman–Crippen LogP) is 0.675. The van der Waals surface area contributed by atoms with Gasteiger partial charge in [-0.15, -0.1) is 0 Å². The molecule has 0 N–H and O–H groups in total. The highest BCUT2D eigenvalue weighted by molar-refractivity contribution is 5.74. The molecule has 0 aromatic carbocycles. The van der Waals surface area contributed by atoms with Crippen molar-refractivity contribution < 1.29 is 14.3 Å². The van der Waals surface area contributed by atoms with Crippen molar-refractivity contribution in [1.82, 2.24) is 0 Å². The number of esters is 1. The lowest BCUT2D eigenvalue weighted by Crippen LogP contribution is -2.17. The Morgan fingerprint density at radius 3 is 2.80 bits per heavy atom. The highest BCUT2D eigenvalue weighted by Gasteiger charge is 2.21. The van der Waals surface area contributed by atoms with E-state index in [2.05, 4.69) is 4.74 Å². The molecule has 1 rings (SSSR count). The van der Waals surface area contributed by atoms with Crippen molar-refractivity contribution in [2.45, 2.75) is 19.8 Å². The summed E-state index contributed by atoms with van der Waals surface area (Å²) in [5.41, 5.74) is 0. The van der Waals surface area contributed by atoms with Crippen LogP contribution in [-0.2, 0) is 14.3 Å². The standard InChI is InChI=1S/C7H8O3/c1-5-2-6(4-8)10-7(9)3-5/h5H,2-3H2,1H3. The van der Waals surface area contributed by atoms with Gasteiger partial charge < -0.3 is 4.74 Å². The van der Waals surface area contributed by atoms with Gasteiger partial charge in [0.25, 0.3) is 0 Å². The smallest absolute Gasteiger partial charge is 0.311 e. The number of carbonyl (C=O) groups excluding carboxylic acids is 2. The molecule has 0 amide bonds. The van der Waals surface area contributed by atoms with E-state index >= 15 is 0 Å². The van der Waals surface area contributed by atoms with Crippen LogP contribution < -0.4 is 0 Å². The fourth-order valence-corrected chi connectivity index (χ4v) is 0.956. The van der Waals surface area contributed by atoms with Gasteiger partial charge in [0.05, 0.1) is 0 Å². The zero-order valence-corrected chi connectivity index (χ0v) is 5.72. The minimum absolute atomic E-state index is 0.142. The molecule has 10 heavy (non-hydrogen) atoms. The van der Waals surface area contributed by atoms with Crippen LogP contribution in [0.2, 0.25) is 0 Å². The molecule has 1 aliphatic rings. The van der Waals surface area contributed by atoms with Crippen molar-refractivity contribution in [2.24, 2.45) is 5.92 Å². The van der Waals surface area contributed by atoms with Crippen LogP contribution in [-0.4, -0.2) is 11.9 Å². The summed E-state index contributed by atoms with van der Waals surface area (Å²) in [7, 11) is 0. The average molecular weight is 140 g/mol. The Kier molecular flexibility index (Phi) is 1.88. The van der Waals surface area contributed by atoms with Gasteiger partial charge in [-0.25, -0.2) is 4.79 Å². The van der Waals surface area contributed by atoms with Crippen LogP contribution in [0.25, 0.3) is 0 Å².